The number of rotatable bonds is 10. The van der Waals surface area contributed by atoms with Crippen molar-refractivity contribution in [1.82, 2.24) is 15.1 Å². The first-order valence-corrected chi connectivity index (χ1v) is 20.4. The molecule has 0 aromatic heterocycles. The summed E-state index contributed by atoms with van der Waals surface area (Å²) in [6, 6.07) is 22.9. The Labute approximate surface area is 298 Å². The fourth-order valence-electron chi connectivity index (χ4n) is 7.98. The number of nitrogens with zero attached hydrogens (tertiary/aromatic N) is 2. The monoisotopic (exact) mass is 705 g/mol. The van der Waals surface area contributed by atoms with E-state index in [4.69, 9.17) is 9.16 Å². The van der Waals surface area contributed by atoms with Crippen LogP contribution in [0.3, 0.4) is 0 Å². The second-order valence-corrected chi connectivity index (χ2v) is 20.4. The molecule has 10 nitrogen and oxygen atoms in total. The average Bonchev–Trinajstić information content (AvgIpc) is 3.74. The smallest absolute Gasteiger partial charge is 0.408 e. The van der Waals surface area contributed by atoms with Crippen molar-refractivity contribution < 1.29 is 33.1 Å². The lowest BCUT2D eigenvalue weighted by Gasteiger charge is -2.42. The highest BCUT2D eigenvalue weighted by atomic mass is 28.4. The van der Waals surface area contributed by atoms with Crippen LogP contribution in [0.15, 0.2) is 91.0 Å². The molecule has 0 radical (unpaired) electrons. The van der Waals surface area contributed by atoms with E-state index in [1.807, 2.05) is 42.5 Å². The van der Waals surface area contributed by atoms with E-state index in [9.17, 15) is 24.0 Å². The van der Waals surface area contributed by atoms with Crippen LogP contribution >= 0.6 is 0 Å². The van der Waals surface area contributed by atoms with E-state index in [-0.39, 0.29) is 55.0 Å². The molecule has 1 saturated carbocycles. The highest BCUT2D eigenvalue weighted by Crippen LogP contribution is 2.56. The predicted molar refractivity (Wildman–Crippen MR) is 192 cm³/mol. The molecule has 5 amide bonds. The summed E-state index contributed by atoms with van der Waals surface area (Å²) in [6.45, 7) is 11.0. The maximum atomic E-state index is 13.8. The Morgan fingerprint density at radius 2 is 1.12 bits per heavy atom. The molecule has 264 valence electrons. The van der Waals surface area contributed by atoms with Gasteiger partial charge in [-0.05, 0) is 59.8 Å². The molecule has 0 spiro atoms. The normalized spacial score (nSPS) is 25.1. The summed E-state index contributed by atoms with van der Waals surface area (Å²) in [5, 5.41) is 3.10. The van der Waals surface area contributed by atoms with Crippen LogP contribution in [-0.2, 0) is 15.8 Å². The third-order valence-corrected chi connectivity index (χ3v) is 16.2. The Morgan fingerprint density at radius 3 is 1.53 bits per heavy atom. The first kappa shape index (κ1) is 34.6. The fraction of sp³-hybridized carbons (Fsp3) is 0.375. The number of amides is 5. The maximum absolute atomic E-state index is 13.8. The minimum Gasteiger partial charge on any atom is -0.445 e. The largest absolute Gasteiger partial charge is 0.445 e. The summed E-state index contributed by atoms with van der Waals surface area (Å²) < 4.78 is 12.7. The second kappa shape index (κ2) is 12.7. The minimum atomic E-state index is -2.38. The van der Waals surface area contributed by atoms with Gasteiger partial charge in [-0.15, -0.1) is 0 Å². The highest BCUT2D eigenvalue weighted by Gasteiger charge is 2.64. The summed E-state index contributed by atoms with van der Waals surface area (Å²) in [5.41, 5.74) is 1.15. The van der Waals surface area contributed by atoms with Crippen LogP contribution in [0.4, 0.5) is 4.79 Å². The Balaban J connectivity index is 1.26. The molecule has 3 aromatic carbocycles. The molecule has 1 fully saturated rings. The van der Waals surface area contributed by atoms with Crippen LogP contribution in [0.1, 0.15) is 67.8 Å². The van der Waals surface area contributed by atoms with Crippen LogP contribution in [0, 0.1) is 23.7 Å². The number of benzene rings is 3. The molecule has 7 rings (SSSR count). The molecular weight excluding hydrogens is 663 g/mol. The van der Waals surface area contributed by atoms with Gasteiger partial charge in [-0.3, -0.25) is 29.0 Å². The summed E-state index contributed by atoms with van der Waals surface area (Å²) >= 11 is 0. The quantitative estimate of drug-likeness (QED) is 0.149. The van der Waals surface area contributed by atoms with Gasteiger partial charge in [0.05, 0.1) is 34.4 Å². The average molecular weight is 706 g/mol. The van der Waals surface area contributed by atoms with E-state index < -0.39 is 43.6 Å². The van der Waals surface area contributed by atoms with E-state index in [0.29, 0.717) is 22.3 Å². The number of hydrogen-bond donors (Lipinski definition) is 1. The molecule has 11 heteroatoms. The molecule has 5 atom stereocenters. The molecule has 1 unspecified atom stereocenters. The number of carbonyl (C=O) groups excluding carboxylic acids is 5. The van der Waals surface area contributed by atoms with Crippen molar-refractivity contribution in [3.05, 3.63) is 119 Å². The molecule has 2 heterocycles. The van der Waals surface area contributed by atoms with Crippen molar-refractivity contribution >= 4 is 38.0 Å². The summed E-state index contributed by atoms with van der Waals surface area (Å²) in [5.74, 6) is -3.24. The Kier molecular flexibility index (Phi) is 8.62. The van der Waals surface area contributed by atoms with Crippen molar-refractivity contribution in [2.24, 2.45) is 23.7 Å². The van der Waals surface area contributed by atoms with Crippen molar-refractivity contribution in [3.8, 4) is 0 Å². The first-order valence-electron chi connectivity index (χ1n) is 17.4. The molecule has 2 aliphatic carbocycles. The predicted octanol–water partition coefficient (Wildman–Crippen LogP) is 6.31. The standard InChI is InChI=1S/C40H43N3O7Si/c1-39(2,3)51(4,5)50-24-40(41-38(48)49-23-25-13-7-6-8-14-25)32-19-20-33(40)31(22-43-36(46)28-17-11-12-18-29(28)37(43)47)30(32)21-42-34(44)26-15-9-10-16-27(26)35(42)45/h6-20,30-33H,21-24H2,1-5H3,(H,41,48)/t30-,31-,32-,33+,40?/m1/s1. The van der Waals surface area contributed by atoms with E-state index >= 15 is 0 Å². The lowest BCUT2D eigenvalue weighted by atomic mass is 9.82. The van der Waals surface area contributed by atoms with Gasteiger partial charge in [0, 0.05) is 24.9 Å². The van der Waals surface area contributed by atoms with Gasteiger partial charge in [-0.2, -0.15) is 0 Å². The number of imide groups is 2. The van der Waals surface area contributed by atoms with Crippen LogP contribution in [0.25, 0.3) is 0 Å². The molecule has 1 N–H and O–H groups in total. The zero-order chi connectivity index (χ0) is 36.3. The number of ether oxygens (including phenoxy) is 1. The minimum absolute atomic E-state index is 0.0360. The van der Waals surface area contributed by atoms with Gasteiger partial charge < -0.3 is 14.5 Å². The van der Waals surface area contributed by atoms with Gasteiger partial charge in [-0.25, -0.2) is 4.79 Å². The van der Waals surface area contributed by atoms with Crippen molar-refractivity contribution in [2.75, 3.05) is 19.7 Å². The van der Waals surface area contributed by atoms with Crippen LogP contribution in [0.2, 0.25) is 18.1 Å². The lowest BCUT2D eigenvalue weighted by Crippen LogP contribution is -2.59. The number of nitrogens with one attached hydrogen (secondary N) is 1. The van der Waals surface area contributed by atoms with Gasteiger partial charge in [0.15, 0.2) is 8.32 Å². The third-order valence-electron chi connectivity index (χ3n) is 11.8. The molecule has 4 aliphatic rings. The second-order valence-electron chi connectivity index (χ2n) is 15.6. The molecular formula is C40H43N3O7Si. The molecule has 0 saturated heterocycles. The zero-order valence-electron chi connectivity index (χ0n) is 29.6. The van der Waals surface area contributed by atoms with Crippen molar-refractivity contribution in [1.29, 1.82) is 0 Å². The first-order chi connectivity index (χ1) is 24.2. The Morgan fingerprint density at radius 1 is 0.706 bits per heavy atom. The van der Waals surface area contributed by atoms with Gasteiger partial charge in [0.1, 0.15) is 6.61 Å². The third kappa shape index (κ3) is 5.82. The van der Waals surface area contributed by atoms with Gasteiger partial charge in [0.2, 0.25) is 0 Å². The van der Waals surface area contributed by atoms with Crippen molar-refractivity contribution in [3.63, 3.8) is 0 Å². The fourth-order valence-corrected chi connectivity index (χ4v) is 9.01. The van der Waals surface area contributed by atoms with E-state index in [1.54, 1.807) is 48.5 Å². The summed E-state index contributed by atoms with van der Waals surface area (Å²) in [6.07, 6.45) is 3.43. The summed E-state index contributed by atoms with van der Waals surface area (Å²) in [4.78, 5) is 71.1. The zero-order valence-corrected chi connectivity index (χ0v) is 30.6. The molecule has 2 bridgehead atoms. The van der Waals surface area contributed by atoms with Crippen LogP contribution < -0.4 is 5.32 Å². The van der Waals surface area contributed by atoms with Crippen molar-refractivity contribution in [2.45, 2.75) is 51.0 Å². The number of carbonyl (C=O) groups is 5. The van der Waals surface area contributed by atoms with Gasteiger partial charge >= 0.3 is 6.09 Å². The molecule has 2 aliphatic heterocycles. The topological polar surface area (TPSA) is 122 Å². The molecule has 3 aromatic rings. The van der Waals surface area contributed by atoms with E-state index in [2.05, 4.69) is 39.2 Å². The Hall–Kier alpha value is -4.87. The molecule has 51 heavy (non-hydrogen) atoms. The van der Waals surface area contributed by atoms with E-state index in [0.717, 1.165) is 5.56 Å². The van der Waals surface area contributed by atoms with Gasteiger partial charge in [-0.1, -0.05) is 87.5 Å². The Bertz CT molecular complexity index is 1790. The van der Waals surface area contributed by atoms with Crippen LogP contribution in [-0.4, -0.2) is 73.1 Å². The maximum Gasteiger partial charge on any atom is 0.408 e. The number of fused-ring (bicyclic) bond motifs is 4. The lowest BCUT2D eigenvalue weighted by molar-refractivity contribution is 0.0528. The van der Waals surface area contributed by atoms with Gasteiger partial charge in [0.25, 0.3) is 23.6 Å². The number of alkyl carbamates (subject to hydrolysis) is 1. The van der Waals surface area contributed by atoms with E-state index in [1.165, 1.54) is 9.80 Å². The summed E-state index contributed by atoms with van der Waals surface area (Å²) in [7, 11) is -2.38. The van der Waals surface area contributed by atoms with Crippen LogP contribution in [0.5, 0.6) is 0 Å². The SMILES string of the molecule is CC(C)(C)[Si](C)(C)OCC1(NC(=O)OCc2ccccc2)[C@@H]2C=C[C@H]1[C@H](CN1C(=O)c3ccccc3C1=O)[C@H]2CN1C(=O)c2ccccc2C1=O. The highest BCUT2D eigenvalue weighted by molar-refractivity contribution is 6.74. The number of hydrogen-bond acceptors (Lipinski definition) is 7.